The molecule has 5 heteroatoms. The zero-order chi connectivity index (χ0) is 12.8. The molecule has 0 aliphatic carbocycles. The molecule has 1 aliphatic heterocycles. The SMILES string of the molecule is CC(N)C(C)C(=O)NCC(=O)N1CCCCC1. The Bertz CT molecular complexity index is 273. The molecule has 2 atom stereocenters. The fourth-order valence-corrected chi connectivity index (χ4v) is 1.82. The van der Waals surface area contributed by atoms with E-state index in [-0.39, 0.29) is 30.3 Å². The number of amides is 2. The monoisotopic (exact) mass is 241 g/mol. The van der Waals surface area contributed by atoms with Gasteiger partial charge in [-0.15, -0.1) is 0 Å². The zero-order valence-electron chi connectivity index (χ0n) is 10.7. The molecule has 5 nitrogen and oxygen atoms in total. The second-order valence-electron chi connectivity index (χ2n) is 4.81. The molecule has 1 rings (SSSR count). The summed E-state index contributed by atoms with van der Waals surface area (Å²) >= 11 is 0. The van der Waals surface area contributed by atoms with Crippen LogP contribution in [0, 0.1) is 5.92 Å². The van der Waals surface area contributed by atoms with E-state index in [2.05, 4.69) is 5.32 Å². The molecule has 0 saturated carbocycles. The number of nitrogens with two attached hydrogens (primary N) is 1. The second-order valence-corrected chi connectivity index (χ2v) is 4.81. The van der Waals surface area contributed by atoms with Crippen LogP contribution >= 0.6 is 0 Å². The molecule has 0 aromatic rings. The quantitative estimate of drug-likeness (QED) is 0.733. The van der Waals surface area contributed by atoms with Crippen molar-refractivity contribution in [3.63, 3.8) is 0 Å². The summed E-state index contributed by atoms with van der Waals surface area (Å²) in [4.78, 5) is 25.2. The van der Waals surface area contributed by atoms with Crippen molar-refractivity contribution in [3.05, 3.63) is 0 Å². The van der Waals surface area contributed by atoms with E-state index in [1.807, 2.05) is 4.90 Å². The molecule has 17 heavy (non-hydrogen) atoms. The van der Waals surface area contributed by atoms with Crippen LogP contribution in [-0.4, -0.2) is 42.4 Å². The second kappa shape index (κ2) is 6.59. The van der Waals surface area contributed by atoms with Crippen LogP contribution in [0.5, 0.6) is 0 Å². The number of piperidine rings is 1. The van der Waals surface area contributed by atoms with Crippen molar-refractivity contribution in [2.24, 2.45) is 11.7 Å². The average Bonchev–Trinajstić information content (AvgIpc) is 2.35. The largest absolute Gasteiger partial charge is 0.347 e. The minimum absolute atomic E-state index is 0.00919. The minimum atomic E-state index is -0.260. The Balaban J connectivity index is 2.29. The summed E-state index contributed by atoms with van der Waals surface area (Å²) < 4.78 is 0. The summed E-state index contributed by atoms with van der Waals surface area (Å²) in [5.74, 6) is -0.399. The van der Waals surface area contributed by atoms with Gasteiger partial charge < -0.3 is 16.0 Å². The molecule has 1 fully saturated rings. The van der Waals surface area contributed by atoms with Gasteiger partial charge in [-0.05, 0) is 26.2 Å². The van der Waals surface area contributed by atoms with Crippen LogP contribution in [0.1, 0.15) is 33.1 Å². The summed E-state index contributed by atoms with van der Waals surface area (Å²) in [7, 11) is 0. The standard InChI is InChI=1S/C12H23N3O2/c1-9(10(2)13)12(17)14-8-11(16)15-6-4-3-5-7-15/h9-10H,3-8,13H2,1-2H3,(H,14,17). The number of carbonyl (C=O) groups excluding carboxylic acids is 2. The van der Waals surface area contributed by atoms with E-state index in [0.29, 0.717) is 0 Å². The van der Waals surface area contributed by atoms with Crippen LogP contribution in [0.15, 0.2) is 0 Å². The van der Waals surface area contributed by atoms with Crippen LogP contribution < -0.4 is 11.1 Å². The molecule has 2 unspecified atom stereocenters. The highest BCUT2D eigenvalue weighted by atomic mass is 16.2. The highest BCUT2D eigenvalue weighted by Gasteiger charge is 2.20. The van der Waals surface area contributed by atoms with Crippen LogP contribution in [0.4, 0.5) is 0 Å². The van der Waals surface area contributed by atoms with Crippen LogP contribution in [0.3, 0.4) is 0 Å². The van der Waals surface area contributed by atoms with E-state index in [9.17, 15) is 9.59 Å². The number of hydrogen-bond donors (Lipinski definition) is 2. The summed E-state index contributed by atoms with van der Waals surface area (Å²) in [6.07, 6.45) is 3.32. The van der Waals surface area contributed by atoms with Crippen molar-refractivity contribution < 1.29 is 9.59 Å². The van der Waals surface area contributed by atoms with Gasteiger partial charge in [0, 0.05) is 25.0 Å². The molecule has 2 amide bonds. The third-order valence-corrected chi connectivity index (χ3v) is 3.32. The Morgan fingerprint density at radius 1 is 1.24 bits per heavy atom. The lowest BCUT2D eigenvalue weighted by Crippen LogP contribution is -2.45. The first-order valence-corrected chi connectivity index (χ1v) is 6.33. The Kier molecular flexibility index (Phi) is 5.41. The number of nitrogens with one attached hydrogen (secondary N) is 1. The number of nitrogens with zero attached hydrogens (tertiary/aromatic N) is 1. The first kappa shape index (κ1) is 14.0. The molecule has 0 aromatic heterocycles. The van der Waals surface area contributed by atoms with Crippen molar-refractivity contribution in [2.75, 3.05) is 19.6 Å². The van der Waals surface area contributed by atoms with E-state index in [0.717, 1.165) is 25.9 Å². The molecular formula is C12H23N3O2. The van der Waals surface area contributed by atoms with Gasteiger partial charge in [0.1, 0.15) is 0 Å². The molecule has 3 N–H and O–H groups in total. The van der Waals surface area contributed by atoms with Crippen molar-refractivity contribution in [3.8, 4) is 0 Å². The third-order valence-electron chi connectivity index (χ3n) is 3.32. The molecule has 0 spiro atoms. The lowest BCUT2D eigenvalue weighted by atomic mass is 10.0. The molecule has 0 bridgehead atoms. The third kappa shape index (κ3) is 4.34. The van der Waals surface area contributed by atoms with Gasteiger partial charge in [0.05, 0.1) is 6.54 Å². The van der Waals surface area contributed by atoms with Crippen molar-refractivity contribution in [1.29, 1.82) is 0 Å². The van der Waals surface area contributed by atoms with Gasteiger partial charge >= 0.3 is 0 Å². The van der Waals surface area contributed by atoms with Crippen molar-refractivity contribution in [2.45, 2.75) is 39.2 Å². The predicted molar refractivity (Wildman–Crippen MR) is 66.3 cm³/mol. The topological polar surface area (TPSA) is 75.4 Å². The summed E-state index contributed by atoms with van der Waals surface area (Å²) in [5.41, 5.74) is 5.63. The Hall–Kier alpha value is -1.10. The zero-order valence-corrected chi connectivity index (χ0v) is 10.7. The number of likely N-dealkylation sites (tertiary alicyclic amines) is 1. The van der Waals surface area contributed by atoms with Crippen LogP contribution in [0.25, 0.3) is 0 Å². The van der Waals surface area contributed by atoms with Gasteiger partial charge in [0.2, 0.25) is 11.8 Å². The number of rotatable bonds is 4. The first-order valence-electron chi connectivity index (χ1n) is 6.33. The van der Waals surface area contributed by atoms with Gasteiger partial charge in [0.15, 0.2) is 0 Å². The predicted octanol–water partition coefficient (Wildman–Crippen LogP) is 0.0984. The smallest absolute Gasteiger partial charge is 0.241 e. The highest BCUT2D eigenvalue weighted by molar-refractivity contribution is 5.86. The van der Waals surface area contributed by atoms with Crippen molar-refractivity contribution in [1.82, 2.24) is 10.2 Å². The van der Waals surface area contributed by atoms with E-state index in [4.69, 9.17) is 5.73 Å². The van der Waals surface area contributed by atoms with E-state index in [1.165, 1.54) is 6.42 Å². The molecule has 0 aromatic carbocycles. The molecular weight excluding hydrogens is 218 g/mol. The Labute approximate surface area is 103 Å². The van der Waals surface area contributed by atoms with Gasteiger partial charge in [0.25, 0.3) is 0 Å². The maximum Gasteiger partial charge on any atom is 0.241 e. The van der Waals surface area contributed by atoms with Crippen LogP contribution in [-0.2, 0) is 9.59 Å². The fraction of sp³-hybridized carbons (Fsp3) is 0.833. The van der Waals surface area contributed by atoms with Gasteiger partial charge in [-0.2, -0.15) is 0 Å². The maximum absolute atomic E-state index is 11.8. The summed E-state index contributed by atoms with van der Waals surface area (Å²) in [5, 5.41) is 2.65. The Morgan fingerprint density at radius 3 is 2.35 bits per heavy atom. The molecule has 1 heterocycles. The first-order chi connectivity index (χ1) is 8.02. The van der Waals surface area contributed by atoms with Gasteiger partial charge in [-0.3, -0.25) is 9.59 Å². The minimum Gasteiger partial charge on any atom is -0.347 e. The maximum atomic E-state index is 11.8. The fourth-order valence-electron chi connectivity index (χ4n) is 1.82. The van der Waals surface area contributed by atoms with Gasteiger partial charge in [-0.25, -0.2) is 0 Å². The number of hydrogen-bond acceptors (Lipinski definition) is 3. The summed E-state index contributed by atoms with van der Waals surface area (Å²) in [6, 6.07) is -0.194. The Morgan fingerprint density at radius 2 is 1.82 bits per heavy atom. The van der Waals surface area contributed by atoms with Gasteiger partial charge in [-0.1, -0.05) is 6.92 Å². The lowest BCUT2D eigenvalue weighted by molar-refractivity contribution is -0.134. The van der Waals surface area contributed by atoms with E-state index < -0.39 is 0 Å². The number of carbonyl (C=O) groups is 2. The molecule has 0 radical (unpaired) electrons. The van der Waals surface area contributed by atoms with Crippen molar-refractivity contribution >= 4 is 11.8 Å². The molecule has 1 aliphatic rings. The van der Waals surface area contributed by atoms with E-state index in [1.54, 1.807) is 13.8 Å². The molecule has 1 saturated heterocycles. The average molecular weight is 241 g/mol. The lowest BCUT2D eigenvalue weighted by Gasteiger charge is -2.27. The normalized spacial score (nSPS) is 19.6. The molecule has 98 valence electrons. The van der Waals surface area contributed by atoms with Crippen LogP contribution in [0.2, 0.25) is 0 Å². The van der Waals surface area contributed by atoms with E-state index >= 15 is 0 Å². The summed E-state index contributed by atoms with van der Waals surface area (Å²) in [6.45, 7) is 5.28. The highest BCUT2D eigenvalue weighted by Crippen LogP contribution is 2.08.